The van der Waals surface area contributed by atoms with Gasteiger partial charge in [0.25, 0.3) is 0 Å². The quantitative estimate of drug-likeness (QED) is 0.0524. The second kappa shape index (κ2) is 29.8. The molecule has 1 heterocycles. The molecule has 1 aliphatic heterocycles. The fourth-order valence-electron chi connectivity index (χ4n) is 10.4. The van der Waals surface area contributed by atoms with Crippen LogP contribution in [0.2, 0.25) is 78.6 Å². The second-order valence-electron chi connectivity index (χ2n) is 28.6. The van der Waals surface area contributed by atoms with Gasteiger partial charge in [-0.1, -0.05) is 146 Å². The SMILES string of the molecule is CN(C)C#Cc1ccc(-c2ccc([Si]3(O[Si](C)(C)C)O[Si](O[Si](C)(C)C)(c4ccc(-c5ccc(C#CN(C)C)cc5)cc4)O[Si](O[Si](C)(C)C)(c4ccc(-c5ccc(C#CN(C)C)cc5)cc4)O[Si](O[Si](C)(C)C)(c4ccc(-c5ccc(C#CN(C)C)cc5)cc4)O3)cc2)cc1. The van der Waals surface area contributed by atoms with Crippen molar-refractivity contribution in [2.24, 2.45) is 0 Å². The summed E-state index contributed by atoms with van der Waals surface area (Å²) in [5, 5.41) is 2.81. The van der Waals surface area contributed by atoms with Gasteiger partial charge in [-0.05, 0) is 195 Å². The minimum Gasteiger partial charge on any atom is -0.413 e. The Balaban J connectivity index is 1.36. The molecule has 96 heavy (non-hydrogen) atoms. The summed E-state index contributed by atoms with van der Waals surface area (Å²) in [5.41, 5.74) is 11.7. The predicted octanol–water partition coefficient (Wildman–Crippen LogP) is 13.0. The van der Waals surface area contributed by atoms with Crippen LogP contribution in [0.5, 0.6) is 0 Å². The van der Waals surface area contributed by atoms with E-state index in [-0.39, 0.29) is 0 Å². The van der Waals surface area contributed by atoms with Crippen molar-refractivity contribution in [2.45, 2.75) is 78.6 Å². The Morgan fingerprint density at radius 3 is 0.490 bits per heavy atom. The van der Waals surface area contributed by atoms with Crippen LogP contribution < -0.4 is 20.7 Å². The van der Waals surface area contributed by atoms with E-state index in [9.17, 15) is 0 Å². The highest BCUT2D eigenvalue weighted by atomic mass is 28.6. The van der Waals surface area contributed by atoms with Crippen LogP contribution in [0.15, 0.2) is 194 Å². The van der Waals surface area contributed by atoms with Gasteiger partial charge in [-0.15, -0.1) is 0 Å². The Kier molecular flexibility index (Phi) is 22.6. The van der Waals surface area contributed by atoms with Gasteiger partial charge >= 0.3 is 35.2 Å². The Morgan fingerprint density at radius 2 is 0.365 bits per heavy atom. The average molecular weight is 1410 g/mol. The molecule has 8 aromatic carbocycles. The van der Waals surface area contributed by atoms with E-state index < -0.39 is 68.5 Å². The molecule has 1 aliphatic rings. The van der Waals surface area contributed by atoms with Crippen LogP contribution in [-0.4, -0.2) is 144 Å². The zero-order valence-corrected chi connectivity index (χ0v) is 67.5. The highest BCUT2D eigenvalue weighted by Crippen LogP contribution is 2.40. The standard InChI is InChI=1S/C76H92N4O8Si8/c1-77(2)57-53-61-21-29-65(30-22-61)69-37-45-73(46-38-69)93(81-89(9,10)11)85-94(82-90(12,13)14,74-47-39-70(40-48-74)66-31-23-62(24-32-66)54-58-78(3)4)87-96(84-92(18,19)20,76-51-43-72(44-52-76)68-35-27-64(28-36-68)56-60-80(7)8)88-95(86-93,83-91(15,16)17)75-49-41-71(42-50-75)67-33-25-63(26-34-67)55-59-79(5)6/h21-52H,1-20H3. The van der Waals surface area contributed by atoms with Crippen molar-refractivity contribution in [2.75, 3.05) is 56.4 Å². The van der Waals surface area contributed by atoms with Gasteiger partial charge in [0.05, 0.1) is 0 Å². The van der Waals surface area contributed by atoms with Gasteiger partial charge in [-0.2, -0.15) is 0 Å². The zero-order chi connectivity index (χ0) is 69.5. The van der Waals surface area contributed by atoms with Crippen molar-refractivity contribution < 1.29 is 32.9 Å². The maximum atomic E-state index is 8.52. The van der Waals surface area contributed by atoms with Crippen LogP contribution in [-0.2, 0) is 32.9 Å². The molecular weight excluding hydrogens is 1320 g/mol. The molecule has 496 valence electrons. The van der Waals surface area contributed by atoms with E-state index in [2.05, 4.69) is 321 Å². The van der Waals surface area contributed by atoms with Crippen LogP contribution >= 0.6 is 0 Å². The lowest BCUT2D eigenvalue weighted by Gasteiger charge is -2.53. The smallest absolute Gasteiger partial charge is 0.413 e. The zero-order valence-electron chi connectivity index (χ0n) is 59.5. The summed E-state index contributed by atoms with van der Waals surface area (Å²) in [5.74, 6) is 13.0. The minimum atomic E-state index is -4.62. The van der Waals surface area contributed by atoms with Crippen LogP contribution in [0, 0.1) is 47.9 Å². The Hall–Kier alpha value is -7.38. The second-order valence-corrected chi connectivity index (χ2v) is 58.8. The van der Waals surface area contributed by atoms with Crippen LogP contribution in [0.4, 0.5) is 0 Å². The largest absolute Gasteiger partial charge is 0.512 e. The molecule has 9 rings (SSSR count). The summed E-state index contributed by atoms with van der Waals surface area (Å²) in [6.45, 7) is 26.1. The molecule has 20 heteroatoms. The third-order valence-electron chi connectivity index (χ3n) is 14.4. The summed E-state index contributed by atoms with van der Waals surface area (Å²) in [7, 11) is -14.3. The Morgan fingerprint density at radius 1 is 0.229 bits per heavy atom. The molecule has 0 amide bonds. The summed E-state index contributed by atoms with van der Waals surface area (Å²) < 4.78 is 66.0. The third-order valence-corrected chi connectivity index (χ3v) is 41.2. The molecule has 12 nitrogen and oxygen atoms in total. The van der Waals surface area contributed by atoms with E-state index in [1.165, 1.54) is 0 Å². The average Bonchev–Trinajstić information content (AvgIpc) is 0.707. The summed E-state index contributed by atoms with van der Waals surface area (Å²) >= 11 is 0. The van der Waals surface area contributed by atoms with Crippen LogP contribution in [0.3, 0.4) is 0 Å². The van der Waals surface area contributed by atoms with Crippen molar-refractivity contribution in [3.8, 4) is 92.4 Å². The highest BCUT2D eigenvalue weighted by molar-refractivity contribution is 7.06. The molecule has 0 spiro atoms. The van der Waals surface area contributed by atoms with Gasteiger partial charge in [-0.25, -0.2) is 0 Å². The Bertz CT molecular complexity index is 3670. The minimum absolute atomic E-state index is 0.702. The fraction of sp³-hybridized carbons (Fsp3) is 0.263. The Labute approximate surface area is 581 Å². The van der Waals surface area contributed by atoms with Crippen molar-refractivity contribution in [1.82, 2.24) is 19.6 Å². The molecule has 0 bridgehead atoms. The molecule has 0 atom stereocenters. The van der Waals surface area contributed by atoms with Gasteiger partial charge in [0.2, 0.25) is 0 Å². The molecule has 0 aliphatic carbocycles. The van der Waals surface area contributed by atoms with E-state index in [4.69, 9.17) is 32.9 Å². The number of rotatable bonds is 16. The normalized spacial score (nSPS) is 18.9. The van der Waals surface area contributed by atoms with Gasteiger partial charge in [0.15, 0.2) is 33.3 Å². The summed E-state index contributed by atoms with van der Waals surface area (Å²) in [6, 6.07) is 79.5. The molecule has 0 unspecified atom stereocenters. The molecule has 8 aromatic rings. The molecule has 0 N–H and O–H groups in total. The molecule has 0 radical (unpaired) electrons. The first-order chi connectivity index (χ1) is 45.1. The van der Waals surface area contributed by atoms with Crippen molar-refractivity contribution in [1.29, 1.82) is 0 Å². The fourth-order valence-corrected chi connectivity index (χ4v) is 43.4. The van der Waals surface area contributed by atoms with Gasteiger partial charge in [0.1, 0.15) is 0 Å². The van der Waals surface area contributed by atoms with E-state index >= 15 is 0 Å². The van der Waals surface area contributed by atoms with Gasteiger partial charge in [-0.3, -0.25) is 0 Å². The van der Waals surface area contributed by atoms with Gasteiger partial charge in [0, 0.05) is 124 Å². The lowest BCUT2D eigenvalue weighted by atomic mass is 10.0. The van der Waals surface area contributed by atoms with E-state index in [0.717, 1.165) is 66.8 Å². The van der Waals surface area contributed by atoms with E-state index in [1.807, 2.05) is 76.0 Å². The van der Waals surface area contributed by atoms with E-state index in [0.29, 0.717) is 20.7 Å². The number of hydrogen-bond donors (Lipinski definition) is 0. The summed E-state index contributed by atoms with van der Waals surface area (Å²) in [6.07, 6.45) is 0. The van der Waals surface area contributed by atoms with E-state index in [1.54, 1.807) is 0 Å². The van der Waals surface area contributed by atoms with Crippen molar-refractivity contribution >= 4 is 89.2 Å². The van der Waals surface area contributed by atoms with Crippen LogP contribution in [0.25, 0.3) is 44.5 Å². The van der Waals surface area contributed by atoms with Gasteiger partial charge < -0.3 is 52.5 Å². The number of hydrogen-bond acceptors (Lipinski definition) is 12. The molecule has 1 fully saturated rings. The molecule has 0 saturated carbocycles. The lowest BCUT2D eigenvalue weighted by Crippen LogP contribution is -2.84. The van der Waals surface area contributed by atoms with Crippen LogP contribution in [0.1, 0.15) is 22.3 Å². The maximum absolute atomic E-state index is 8.52. The third kappa shape index (κ3) is 19.5. The first kappa shape index (κ1) is 72.9. The number of nitrogens with zero attached hydrogens (tertiary/aromatic N) is 4. The monoisotopic (exact) mass is 1410 g/mol. The highest BCUT2D eigenvalue weighted by Gasteiger charge is 2.72. The molecule has 1 saturated heterocycles. The number of benzene rings is 8. The first-order valence-corrected chi connectivity index (χ1v) is 52.8. The molecular formula is C76H92N4O8Si8. The maximum Gasteiger partial charge on any atom is 0.512 e. The van der Waals surface area contributed by atoms with Crippen molar-refractivity contribution in [3.63, 3.8) is 0 Å². The lowest BCUT2D eigenvalue weighted by molar-refractivity contribution is 0.104. The summed E-state index contributed by atoms with van der Waals surface area (Å²) in [4.78, 5) is 7.41. The molecule has 0 aromatic heterocycles. The van der Waals surface area contributed by atoms with Crippen molar-refractivity contribution in [3.05, 3.63) is 216 Å². The topological polar surface area (TPSA) is 86.8 Å². The predicted molar refractivity (Wildman–Crippen MR) is 413 cm³/mol. The first-order valence-electron chi connectivity index (χ1n) is 32.3.